The van der Waals surface area contributed by atoms with E-state index in [-0.39, 0.29) is 0 Å². The summed E-state index contributed by atoms with van der Waals surface area (Å²) in [6.07, 6.45) is 6.56. The third-order valence-electron chi connectivity index (χ3n) is 3.93. The van der Waals surface area contributed by atoms with Crippen molar-refractivity contribution < 1.29 is 0 Å². The van der Waals surface area contributed by atoms with Crippen molar-refractivity contribution >= 4 is 5.82 Å². The molecule has 4 nitrogen and oxygen atoms in total. The van der Waals surface area contributed by atoms with E-state index in [1.54, 1.807) is 6.07 Å². The van der Waals surface area contributed by atoms with Gasteiger partial charge in [-0.25, -0.2) is 0 Å². The summed E-state index contributed by atoms with van der Waals surface area (Å²) in [6.45, 7) is 5.55. The number of hydrogen-bond donors (Lipinski definition) is 1. The zero-order chi connectivity index (χ0) is 13.7. The zero-order valence-electron chi connectivity index (χ0n) is 11.8. The first-order valence-electron chi connectivity index (χ1n) is 7.11. The first-order valence-corrected chi connectivity index (χ1v) is 7.11. The van der Waals surface area contributed by atoms with Crippen LogP contribution in [0.1, 0.15) is 51.6 Å². The highest BCUT2D eigenvalue weighted by molar-refractivity contribution is 5.35. The second kappa shape index (κ2) is 6.01. The molecule has 0 amide bonds. The van der Waals surface area contributed by atoms with Gasteiger partial charge in [0.15, 0.2) is 5.69 Å². The molecule has 102 valence electrons. The molecule has 1 heterocycles. The number of rotatable bonds is 5. The lowest BCUT2D eigenvalue weighted by Gasteiger charge is -2.31. The van der Waals surface area contributed by atoms with Crippen LogP contribution in [0.4, 0.5) is 5.82 Å². The van der Waals surface area contributed by atoms with Gasteiger partial charge < -0.3 is 5.32 Å². The quantitative estimate of drug-likeness (QED) is 0.879. The topological polar surface area (TPSA) is 61.6 Å². The maximum atomic E-state index is 8.70. The van der Waals surface area contributed by atoms with E-state index in [1.807, 2.05) is 12.1 Å². The van der Waals surface area contributed by atoms with E-state index < -0.39 is 0 Å². The average Bonchev–Trinajstić information content (AvgIpc) is 2.85. The Bertz CT molecular complexity index is 438. The molecule has 0 atom stereocenters. The molecule has 0 spiro atoms. The van der Waals surface area contributed by atoms with Crippen LogP contribution in [-0.4, -0.2) is 16.7 Å². The molecule has 1 fully saturated rings. The fourth-order valence-corrected chi connectivity index (χ4v) is 3.21. The van der Waals surface area contributed by atoms with E-state index >= 15 is 0 Å². The van der Waals surface area contributed by atoms with Crippen LogP contribution in [0.15, 0.2) is 12.1 Å². The molecule has 0 aromatic carbocycles. The molecule has 1 aliphatic carbocycles. The molecule has 0 saturated heterocycles. The van der Waals surface area contributed by atoms with E-state index in [9.17, 15) is 0 Å². The predicted molar refractivity (Wildman–Crippen MR) is 75.6 cm³/mol. The van der Waals surface area contributed by atoms with Crippen LogP contribution in [0.2, 0.25) is 0 Å². The predicted octanol–water partition coefficient (Wildman–Crippen LogP) is 3.37. The molecule has 1 aromatic rings. The minimum absolute atomic E-state index is 0.364. The van der Waals surface area contributed by atoms with Crippen LogP contribution in [-0.2, 0) is 0 Å². The van der Waals surface area contributed by atoms with Gasteiger partial charge in [-0.05, 0) is 42.7 Å². The number of nitrogens with one attached hydrogen (secondary N) is 1. The van der Waals surface area contributed by atoms with Gasteiger partial charge in [0.05, 0.1) is 0 Å². The van der Waals surface area contributed by atoms with Crippen LogP contribution in [0, 0.1) is 22.7 Å². The molecular formula is C15H22N4. The Morgan fingerprint density at radius 1 is 1.32 bits per heavy atom. The van der Waals surface area contributed by atoms with Crippen molar-refractivity contribution in [2.45, 2.75) is 46.0 Å². The molecule has 0 radical (unpaired) electrons. The van der Waals surface area contributed by atoms with Gasteiger partial charge in [-0.1, -0.05) is 26.7 Å². The lowest BCUT2D eigenvalue weighted by molar-refractivity contribution is 0.252. The van der Waals surface area contributed by atoms with Crippen LogP contribution in [0.3, 0.4) is 0 Å². The fourth-order valence-electron chi connectivity index (χ4n) is 3.21. The van der Waals surface area contributed by atoms with Crippen molar-refractivity contribution in [1.29, 1.82) is 5.26 Å². The molecule has 1 saturated carbocycles. The first-order chi connectivity index (χ1) is 9.13. The maximum absolute atomic E-state index is 8.70. The van der Waals surface area contributed by atoms with E-state index in [0.29, 0.717) is 11.1 Å². The van der Waals surface area contributed by atoms with Crippen LogP contribution < -0.4 is 5.32 Å². The largest absolute Gasteiger partial charge is 0.368 e. The summed E-state index contributed by atoms with van der Waals surface area (Å²) in [4.78, 5) is 0. The van der Waals surface area contributed by atoms with E-state index in [4.69, 9.17) is 5.26 Å². The molecule has 1 aromatic heterocycles. The lowest BCUT2D eigenvalue weighted by atomic mass is 9.78. The standard InChI is InChI=1S/C15H22N4/c1-12(2)9-15(7-3-4-8-15)11-17-14-6-5-13(10-16)18-19-14/h5-6,12H,3-4,7-9,11H2,1-2H3,(H,17,19). The van der Waals surface area contributed by atoms with Crippen molar-refractivity contribution in [3.63, 3.8) is 0 Å². The van der Waals surface area contributed by atoms with Gasteiger partial charge in [0.25, 0.3) is 0 Å². The Morgan fingerprint density at radius 3 is 2.58 bits per heavy atom. The summed E-state index contributed by atoms with van der Waals surface area (Å²) in [7, 11) is 0. The molecule has 2 rings (SSSR count). The fraction of sp³-hybridized carbons (Fsp3) is 0.667. The number of aromatic nitrogens is 2. The number of anilines is 1. The monoisotopic (exact) mass is 258 g/mol. The molecule has 4 heteroatoms. The molecule has 0 aliphatic heterocycles. The van der Waals surface area contributed by atoms with E-state index in [2.05, 4.69) is 29.4 Å². The average molecular weight is 258 g/mol. The minimum atomic E-state index is 0.364. The van der Waals surface area contributed by atoms with E-state index in [0.717, 1.165) is 18.3 Å². The van der Waals surface area contributed by atoms with Crippen LogP contribution in [0.5, 0.6) is 0 Å². The Labute approximate surface area is 115 Å². The maximum Gasteiger partial charge on any atom is 0.163 e. The van der Waals surface area contributed by atoms with Gasteiger partial charge in [-0.3, -0.25) is 0 Å². The number of nitrogens with zero attached hydrogens (tertiary/aromatic N) is 3. The molecule has 1 aliphatic rings. The highest BCUT2D eigenvalue weighted by Crippen LogP contribution is 2.43. The highest BCUT2D eigenvalue weighted by Gasteiger charge is 2.34. The van der Waals surface area contributed by atoms with Gasteiger partial charge in [0.2, 0.25) is 0 Å². The molecule has 0 unspecified atom stereocenters. The zero-order valence-corrected chi connectivity index (χ0v) is 11.8. The summed E-state index contributed by atoms with van der Waals surface area (Å²) < 4.78 is 0. The third-order valence-corrected chi connectivity index (χ3v) is 3.93. The van der Waals surface area contributed by atoms with Gasteiger partial charge >= 0.3 is 0 Å². The molecular weight excluding hydrogens is 236 g/mol. The smallest absolute Gasteiger partial charge is 0.163 e. The lowest BCUT2D eigenvalue weighted by Crippen LogP contribution is -2.28. The van der Waals surface area contributed by atoms with Gasteiger partial charge in [-0.15, -0.1) is 10.2 Å². The van der Waals surface area contributed by atoms with Crippen molar-refractivity contribution in [3.8, 4) is 6.07 Å². The van der Waals surface area contributed by atoms with Crippen LogP contribution >= 0.6 is 0 Å². The minimum Gasteiger partial charge on any atom is -0.368 e. The Kier molecular flexibility index (Phi) is 4.36. The number of nitriles is 1. The Morgan fingerprint density at radius 2 is 2.05 bits per heavy atom. The third kappa shape index (κ3) is 3.66. The second-order valence-electron chi connectivity index (χ2n) is 6.07. The van der Waals surface area contributed by atoms with Crippen molar-refractivity contribution in [2.75, 3.05) is 11.9 Å². The van der Waals surface area contributed by atoms with E-state index in [1.165, 1.54) is 32.1 Å². The first kappa shape index (κ1) is 13.8. The summed E-state index contributed by atoms with van der Waals surface area (Å²) >= 11 is 0. The summed E-state index contributed by atoms with van der Waals surface area (Å²) in [5.41, 5.74) is 0.785. The Balaban J connectivity index is 1.96. The van der Waals surface area contributed by atoms with Gasteiger partial charge in [-0.2, -0.15) is 5.26 Å². The van der Waals surface area contributed by atoms with Gasteiger partial charge in [0.1, 0.15) is 11.9 Å². The second-order valence-corrected chi connectivity index (χ2v) is 6.07. The summed E-state index contributed by atoms with van der Waals surface area (Å²) in [5, 5.41) is 20.0. The van der Waals surface area contributed by atoms with Crippen LogP contribution in [0.25, 0.3) is 0 Å². The summed E-state index contributed by atoms with van der Waals surface area (Å²) in [5.74, 6) is 1.50. The van der Waals surface area contributed by atoms with Crippen molar-refractivity contribution in [2.24, 2.45) is 11.3 Å². The Hall–Kier alpha value is -1.63. The van der Waals surface area contributed by atoms with Crippen molar-refractivity contribution in [1.82, 2.24) is 10.2 Å². The number of hydrogen-bond acceptors (Lipinski definition) is 4. The molecule has 0 bridgehead atoms. The highest BCUT2D eigenvalue weighted by atomic mass is 15.2. The van der Waals surface area contributed by atoms with Crippen molar-refractivity contribution in [3.05, 3.63) is 17.8 Å². The van der Waals surface area contributed by atoms with Gasteiger partial charge in [0, 0.05) is 6.54 Å². The SMILES string of the molecule is CC(C)CC1(CNc2ccc(C#N)nn2)CCCC1. The molecule has 1 N–H and O–H groups in total. The normalized spacial score (nSPS) is 17.4. The summed E-state index contributed by atoms with van der Waals surface area (Å²) in [6, 6.07) is 5.53. The molecule has 19 heavy (non-hydrogen) atoms.